The van der Waals surface area contributed by atoms with Gasteiger partial charge in [0.2, 0.25) is 0 Å². The molecule has 3 heterocycles. The summed E-state index contributed by atoms with van der Waals surface area (Å²) in [6.07, 6.45) is 7.10. The molecule has 0 aliphatic carbocycles. The Morgan fingerprint density at radius 1 is 1.34 bits per heavy atom. The van der Waals surface area contributed by atoms with Crippen molar-refractivity contribution in [3.05, 3.63) is 83.8 Å². The number of nitrogens with zero attached hydrogens (tertiary/aromatic N) is 6. The Balaban J connectivity index is 1.96. The van der Waals surface area contributed by atoms with Crippen molar-refractivity contribution < 1.29 is 4.92 Å². The third-order valence-corrected chi connectivity index (χ3v) is 6.39. The van der Waals surface area contributed by atoms with Crippen molar-refractivity contribution in [2.45, 2.75) is 38.8 Å². The number of nitriles is 1. The highest BCUT2D eigenvalue weighted by Crippen LogP contribution is 2.18. The van der Waals surface area contributed by atoms with Gasteiger partial charge >= 0.3 is 0 Å². The molecule has 162 valence electrons. The zero-order valence-electron chi connectivity index (χ0n) is 17.2. The Labute approximate surface area is 187 Å². The van der Waals surface area contributed by atoms with Crippen LogP contribution in [0.15, 0.2) is 41.7 Å². The van der Waals surface area contributed by atoms with Gasteiger partial charge in [0.25, 0.3) is 11.2 Å². The highest BCUT2D eigenvalue weighted by Gasteiger charge is 2.20. The number of hydrogen-bond acceptors (Lipinski definition) is 7. The number of aryl methyl sites for hydroxylation is 1. The van der Waals surface area contributed by atoms with E-state index in [1.165, 1.54) is 16.7 Å². The summed E-state index contributed by atoms with van der Waals surface area (Å²) in [5, 5.41) is 29.6. The molecule has 2 aromatic heterocycles. The van der Waals surface area contributed by atoms with Gasteiger partial charge in [-0.05, 0) is 24.5 Å². The molecule has 0 bridgehead atoms. The van der Waals surface area contributed by atoms with E-state index in [1.54, 1.807) is 24.3 Å². The molecule has 0 spiro atoms. The van der Waals surface area contributed by atoms with Gasteiger partial charge < -0.3 is 4.57 Å². The molecule has 0 N–H and O–H groups in total. The quantitative estimate of drug-likeness (QED) is 0.334. The lowest BCUT2D eigenvalue weighted by atomic mass is 10.2. The lowest BCUT2D eigenvalue weighted by Gasteiger charge is -2.06. The van der Waals surface area contributed by atoms with Crippen molar-refractivity contribution in [1.29, 1.82) is 5.26 Å². The third-order valence-electron chi connectivity index (χ3n) is 5.26. The van der Waals surface area contributed by atoms with Crippen molar-refractivity contribution >= 4 is 28.7 Å². The number of hydrogen-bond donors (Lipinski definition) is 0. The number of nitro benzene ring substituents is 1. The van der Waals surface area contributed by atoms with Crippen LogP contribution in [0.3, 0.4) is 0 Å². The summed E-state index contributed by atoms with van der Waals surface area (Å²) in [4.78, 5) is 23.7. The van der Waals surface area contributed by atoms with E-state index in [2.05, 4.69) is 22.8 Å². The third kappa shape index (κ3) is 4.02. The van der Waals surface area contributed by atoms with Crippen LogP contribution in [-0.2, 0) is 19.5 Å². The van der Waals surface area contributed by atoms with Crippen molar-refractivity contribution in [3.63, 3.8) is 0 Å². The second-order valence-corrected chi connectivity index (χ2v) is 8.39. The number of aromatic nitrogens is 4. The Morgan fingerprint density at radius 3 is 2.94 bits per heavy atom. The van der Waals surface area contributed by atoms with Gasteiger partial charge in [-0.1, -0.05) is 24.6 Å². The Kier molecular flexibility index (Phi) is 6.09. The molecule has 0 saturated carbocycles. The molecule has 0 fully saturated rings. The molecule has 1 aliphatic heterocycles. The summed E-state index contributed by atoms with van der Waals surface area (Å²) in [6.45, 7) is 4.68. The first-order valence-corrected chi connectivity index (χ1v) is 11.0. The predicted octanol–water partition coefficient (Wildman–Crippen LogP) is 1.87. The molecule has 9 nitrogen and oxygen atoms in total. The number of rotatable bonds is 5. The highest BCUT2D eigenvalue weighted by atomic mass is 32.1. The molecule has 32 heavy (non-hydrogen) atoms. The number of benzene rings is 1. The minimum absolute atomic E-state index is 0.0580. The summed E-state index contributed by atoms with van der Waals surface area (Å²) >= 11 is 1.16. The van der Waals surface area contributed by atoms with Crippen molar-refractivity contribution in [1.82, 2.24) is 19.3 Å². The molecule has 0 radical (unpaired) electrons. The van der Waals surface area contributed by atoms with Crippen molar-refractivity contribution in [3.8, 4) is 6.07 Å². The molecule has 10 heteroatoms. The summed E-state index contributed by atoms with van der Waals surface area (Å²) in [6, 6.07) is 8.29. The lowest BCUT2D eigenvalue weighted by Crippen LogP contribution is -2.32. The van der Waals surface area contributed by atoms with E-state index >= 15 is 0 Å². The molecular weight excluding hydrogens is 428 g/mol. The minimum atomic E-state index is -0.480. The maximum atomic E-state index is 13.1. The second kappa shape index (κ2) is 9.11. The Bertz CT molecular complexity index is 1420. The van der Waals surface area contributed by atoms with Gasteiger partial charge in [0, 0.05) is 31.6 Å². The number of fused-ring (bicyclic) bond motifs is 1. The zero-order chi connectivity index (χ0) is 22.7. The van der Waals surface area contributed by atoms with Crippen molar-refractivity contribution in [2.75, 3.05) is 0 Å². The normalized spacial score (nSPS) is 14.9. The molecule has 1 aliphatic rings. The topological polar surface area (TPSA) is 120 Å². The minimum Gasteiger partial charge on any atom is -0.310 e. The number of allylic oxidation sites excluding steroid dienone is 1. The fourth-order valence-electron chi connectivity index (χ4n) is 3.74. The van der Waals surface area contributed by atoms with E-state index in [-0.39, 0.29) is 23.4 Å². The van der Waals surface area contributed by atoms with Gasteiger partial charge in [0.05, 0.1) is 9.46 Å². The van der Waals surface area contributed by atoms with Crippen LogP contribution in [0.25, 0.3) is 11.6 Å². The van der Waals surface area contributed by atoms with Crippen LogP contribution in [0.1, 0.15) is 36.5 Å². The van der Waals surface area contributed by atoms with Gasteiger partial charge in [0.1, 0.15) is 22.1 Å². The van der Waals surface area contributed by atoms with Crippen molar-refractivity contribution in [2.24, 2.45) is 0 Å². The predicted molar refractivity (Wildman–Crippen MR) is 120 cm³/mol. The average Bonchev–Trinajstić information content (AvgIpc) is 3.21. The Hall–Kier alpha value is -3.84. The zero-order valence-corrected chi connectivity index (χ0v) is 18.0. The van der Waals surface area contributed by atoms with Gasteiger partial charge in [-0.25, -0.2) is 0 Å². The maximum Gasteiger partial charge on any atom is 0.270 e. The van der Waals surface area contributed by atoms with E-state index < -0.39 is 4.92 Å². The van der Waals surface area contributed by atoms with E-state index in [0.29, 0.717) is 20.6 Å². The van der Waals surface area contributed by atoms with Crippen LogP contribution in [0.5, 0.6) is 0 Å². The van der Waals surface area contributed by atoms with Gasteiger partial charge in [0.15, 0.2) is 5.82 Å². The van der Waals surface area contributed by atoms with Crippen LogP contribution in [0.2, 0.25) is 0 Å². The molecule has 0 unspecified atom stereocenters. The highest BCUT2D eigenvalue weighted by molar-refractivity contribution is 7.07. The molecular formula is C22H20N6O3S. The molecule has 0 amide bonds. The van der Waals surface area contributed by atoms with E-state index in [9.17, 15) is 20.2 Å². The summed E-state index contributed by atoms with van der Waals surface area (Å²) in [7, 11) is 0. The lowest BCUT2D eigenvalue weighted by molar-refractivity contribution is -0.384. The molecule has 4 rings (SSSR count). The monoisotopic (exact) mass is 448 g/mol. The van der Waals surface area contributed by atoms with Gasteiger partial charge in [-0.15, -0.1) is 28.1 Å². The van der Waals surface area contributed by atoms with Crippen LogP contribution < -0.4 is 14.8 Å². The second-order valence-electron chi connectivity index (χ2n) is 7.36. The SMILES string of the molecule is C=CCn1c(=O)/c(=C/c2cccc([N+](=O)[O-])c2)s/c1=C(/C#N)c1nnc2n1CCCCC2. The number of thiazole rings is 1. The summed E-state index contributed by atoms with van der Waals surface area (Å²) < 4.78 is 4.29. The standard InChI is InChI=1S/C22H20N6O3S/c1-2-10-27-21(29)18(13-15-7-6-8-16(12-15)28(30)31)32-22(27)17(14-23)20-25-24-19-9-4-3-5-11-26(19)20/h2,6-8,12-13H,1,3-5,9-11H2/b18-13-,22-17-. The van der Waals surface area contributed by atoms with E-state index in [4.69, 9.17) is 0 Å². The molecule has 3 aromatic rings. The molecule has 0 saturated heterocycles. The number of nitro groups is 1. The fourth-order valence-corrected chi connectivity index (χ4v) is 4.85. The van der Waals surface area contributed by atoms with Crippen LogP contribution in [-0.4, -0.2) is 24.3 Å². The number of non-ortho nitro benzene ring substituents is 1. The Morgan fingerprint density at radius 2 is 2.19 bits per heavy atom. The first-order valence-electron chi connectivity index (χ1n) is 10.2. The van der Waals surface area contributed by atoms with E-state index in [0.717, 1.165) is 49.4 Å². The summed E-state index contributed by atoms with van der Waals surface area (Å²) in [5.41, 5.74) is 0.468. The maximum absolute atomic E-state index is 13.1. The van der Waals surface area contributed by atoms with Crippen LogP contribution in [0, 0.1) is 21.4 Å². The average molecular weight is 449 g/mol. The largest absolute Gasteiger partial charge is 0.310 e. The first-order chi connectivity index (χ1) is 15.5. The molecule has 0 atom stereocenters. The van der Waals surface area contributed by atoms with Crippen LogP contribution in [0.4, 0.5) is 5.69 Å². The molecule has 1 aromatic carbocycles. The van der Waals surface area contributed by atoms with Gasteiger partial charge in [-0.3, -0.25) is 19.5 Å². The van der Waals surface area contributed by atoms with Crippen LogP contribution >= 0.6 is 11.3 Å². The van der Waals surface area contributed by atoms with E-state index in [1.807, 2.05) is 4.57 Å². The summed E-state index contributed by atoms with van der Waals surface area (Å²) in [5.74, 6) is 1.31. The van der Waals surface area contributed by atoms with Gasteiger partial charge in [-0.2, -0.15) is 5.26 Å². The fraction of sp³-hybridized carbons (Fsp3) is 0.273. The first kappa shape index (κ1) is 21.4. The smallest absolute Gasteiger partial charge is 0.270 e.